The van der Waals surface area contributed by atoms with E-state index in [2.05, 4.69) is 43.2 Å². The molecule has 1 aliphatic rings. The van der Waals surface area contributed by atoms with Crippen LogP contribution in [0.15, 0.2) is 24.3 Å². The fourth-order valence-corrected chi connectivity index (χ4v) is 2.77. The molecule has 1 fully saturated rings. The Labute approximate surface area is 116 Å². The molecule has 0 saturated carbocycles. The molecule has 2 rings (SSSR count). The van der Waals surface area contributed by atoms with Crippen molar-refractivity contribution in [2.45, 2.75) is 44.8 Å². The Kier molecular flexibility index (Phi) is 4.57. The van der Waals surface area contributed by atoms with Crippen LogP contribution in [0.3, 0.4) is 0 Å². The molecule has 1 aromatic rings. The Morgan fingerprint density at radius 1 is 1.47 bits per heavy atom. The summed E-state index contributed by atoms with van der Waals surface area (Å²) in [6, 6.07) is 11.6. The van der Waals surface area contributed by atoms with Crippen molar-refractivity contribution in [2.24, 2.45) is 0 Å². The number of nitrogens with one attached hydrogen (secondary N) is 1. The van der Waals surface area contributed by atoms with Crippen molar-refractivity contribution >= 4 is 0 Å². The zero-order chi connectivity index (χ0) is 13.8. The minimum absolute atomic E-state index is 0.300. The van der Waals surface area contributed by atoms with Gasteiger partial charge in [0.1, 0.15) is 0 Å². The molecule has 0 amide bonds. The van der Waals surface area contributed by atoms with E-state index in [1.165, 1.54) is 18.4 Å². The van der Waals surface area contributed by atoms with E-state index in [4.69, 9.17) is 5.26 Å². The quantitative estimate of drug-likeness (QED) is 0.905. The molecule has 102 valence electrons. The van der Waals surface area contributed by atoms with Gasteiger partial charge in [0.05, 0.1) is 11.6 Å². The predicted octanol–water partition coefficient (Wildman–Crippen LogP) is 2.69. The van der Waals surface area contributed by atoms with Crippen LogP contribution in [0, 0.1) is 11.3 Å². The summed E-state index contributed by atoms with van der Waals surface area (Å²) >= 11 is 0. The number of nitriles is 1. The molecule has 3 atom stereocenters. The highest BCUT2D eigenvalue weighted by Crippen LogP contribution is 2.20. The first kappa shape index (κ1) is 14.0. The Bertz CT molecular complexity index is 463. The molecule has 1 N–H and O–H groups in total. The number of likely N-dealkylation sites (tertiary alicyclic amines) is 1. The third-order valence-electron chi connectivity index (χ3n) is 4.21. The zero-order valence-corrected chi connectivity index (χ0v) is 12.1. The number of benzene rings is 1. The minimum atomic E-state index is 0.300. The lowest BCUT2D eigenvalue weighted by Crippen LogP contribution is -2.46. The number of piperidine rings is 1. The van der Waals surface area contributed by atoms with Gasteiger partial charge in [-0.1, -0.05) is 12.1 Å². The van der Waals surface area contributed by atoms with Crippen LogP contribution in [-0.4, -0.2) is 30.6 Å². The van der Waals surface area contributed by atoms with Crippen LogP contribution in [0.4, 0.5) is 0 Å². The molecule has 1 saturated heterocycles. The summed E-state index contributed by atoms with van der Waals surface area (Å²) in [7, 11) is 2.20. The van der Waals surface area contributed by atoms with Crippen LogP contribution in [0.5, 0.6) is 0 Å². The van der Waals surface area contributed by atoms with Crippen LogP contribution < -0.4 is 5.32 Å². The highest BCUT2D eigenvalue weighted by molar-refractivity contribution is 5.34. The first-order chi connectivity index (χ1) is 9.10. The number of hydrogen-bond donors (Lipinski definition) is 1. The van der Waals surface area contributed by atoms with Crippen molar-refractivity contribution in [3.8, 4) is 6.07 Å². The SMILES string of the molecule is CC(NC1CCN(C)C(C)C1)c1cccc(C#N)c1. The van der Waals surface area contributed by atoms with Crippen molar-refractivity contribution in [3.63, 3.8) is 0 Å². The van der Waals surface area contributed by atoms with Gasteiger partial charge in [-0.25, -0.2) is 0 Å². The van der Waals surface area contributed by atoms with Gasteiger partial charge in [0.25, 0.3) is 0 Å². The van der Waals surface area contributed by atoms with E-state index in [9.17, 15) is 0 Å². The smallest absolute Gasteiger partial charge is 0.0991 e. The van der Waals surface area contributed by atoms with Gasteiger partial charge in [0, 0.05) is 18.1 Å². The number of rotatable bonds is 3. The lowest BCUT2D eigenvalue weighted by molar-refractivity contribution is 0.163. The topological polar surface area (TPSA) is 39.1 Å². The van der Waals surface area contributed by atoms with Crippen molar-refractivity contribution in [3.05, 3.63) is 35.4 Å². The minimum Gasteiger partial charge on any atom is -0.307 e. The second kappa shape index (κ2) is 6.18. The van der Waals surface area contributed by atoms with Crippen LogP contribution >= 0.6 is 0 Å². The standard InChI is InChI=1S/C16H23N3/c1-12-9-16(7-8-19(12)3)18-13(2)15-6-4-5-14(10-15)11-17/h4-6,10,12-13,16,18H,7-9H2,1-3H3. The summed E-state index contributed by atoms with van der Waals surface area (Å²) in [5.41, 5.74) is 1.94. The summed E-state index contributed by atoms with van der Waals surface area (Å²) in [6.07, 6.45) is 2.39. The highest BCUT2D eigenvalue weighted by Gasteiger charge is 2.23. The second-order valence-corrected chi connectivity index (χ2v) is 5.68. The molecule has 3 heteroatoms. The molecule has 0 spiro atoms. The fraction of sp³-hybridized carbons (Fsp3) is 0.562. The first-order valence-electron chi connectivity index (χ1n) is 7.06. The van der Waals surface area contributed by atoms with Crippen LogP contribution in [-0.2, 0) is 0 Å². The summed E-state index contributed by atoms with van der Waals surface area (Å²) < 4.78 is 0. The van der Waals surface area contributed by atoms with Gasteiger partial charge in [0.15, 0.2) is 0 Å². The van der Waals surface area contributed by atoms with Crippen molar-refractivity contribution in [1.29, 1.82) is 5.26 Å². The summed E-state index contributed by atoms with van der Waals surface area (Å²) in [6.45, 7) is 5.62. The van der Waals surface area contributed by atoms with Gasteiger partial charge in [0.2, 0.25) is 0 Å². The third kappa shape index (κ3) is 3.56. The molecule has 3 nitrogen and oxygen atoms in total. The zero-order valence-electron chi connectivity index (χ0n) is 12.1. The van der Waals surface area contributed by atoms with Gasteiger partial charge in [-0.3, -0.25) is 0 Å². The van der Waals surface area contributed by atoms with Gasteiger partial charge in [-0.15, -0.1) is 0 Å². The molecule has 0 bridgehead atoms. The molecule has 0 radical (unpaired) electrons. The van der Waals surface area contributed by atoms with E-state index in [-0.39, 0.29) is 0 Å². The highest BCUT2D eigenvalue weighted by atomic mass is 15.1. The van der Waals surface area contributed by atoms with E-state index >= 15 is 0 Å². The maximum Gasteiger partial charge on any atom is 0.0991 e. The Morgan fingerprint density at radius 2 is 2.26 bits per heavy atom. The van der Waals surface area contributed by atoms with Crippen molar-refractivity contribution < 1.29 is 0 Å². The maximum atomic E-state index is 8.95. The van der Waals surface area contributed by atoms with Crippen molar-refractivity contribution in [1.82, 2.24) is 10.2 Å². The van der Waals surface area contributed by atoms with E-state index in [1.807, 2.05) is 18.2 Å². The summed E-state index contributed by atoms with van der Waals surface area (Å²) in [4.78, 5) is 2.42. The van der Waals surface area contributed by atoms with Crippen LogP contribution in [0.1, 0.15) is 43.9 Å². The number of hydrogen-bond acceptors (Lipinski definition) is 3. The Hall–Kier alpha value is -1.37. The Balaban J connectivity index is 1.97. The maximum absolute atomic E-state index is 8.95. The third-order valence-corrected chi connectivity index (χ3v) is 4.21. The molecule has 0 aliphatic carbocycles. The van der Waals surface area contributed by atoms with Crippen LogP contribution in [0.2, 0.25) is 0 Å². The van der Waals surface area contributed by atoms with Crippen molar-refractivity contribution in [2.75, 3.05) is 13.6 Å². The summed E-state index contributed by atoms with van der Waals surface area (Å²) in [5, 5.41) is 12.7. The molecule has 0 aromatic heterocycles. The molecule has 1 aliphatic heterocycles. The van der Waals surface area contributed by atoms with E-state index in [0.717, 1.165) is 12.1 Å². The normalized spacial score (nSPS) is 25.8. The second-order valence-electron chi connectivity index (χ2n) is 5.68. The first-order valence-corrected chi connectivity index (χ1v) is 7.06. The fourth-order valence-electron chi connectivity index (χ4n) is 2.77. The monoisotopic (exact) mass is 257 g/mol. The molecule has 1 aromatic carbocycles. The van der Waals surface area contributed by atoms with E-state index < -0.39 is 0 Å². The molecule has 1 heterocycles. The van der Waals surface area contributed by atoms with Gasteiger partial charge < -0.3 is 10.2 Å². The van der Waals surface area contributed by atoms with Gasteiger partial charge in [-0.05, 0) is 58.0 Å². The van der Waals surface area contributed by atoms with Crippen LogP contribution in [0.25, 0.3) is 0 Å². The van der Waals surface area contributed by atoms with Gasteiger partial charge in [-0.2, -0.15) is 5.26 Å². The average Bonchev–Trinajstić information content (AvgIpc) is 2.43. The molecular weight excluding hydrogens is 234 g/mol. The molecule has 3 unspecified atom stereocenters. The molecule has 19 heavy (non-hydrogen) atoms. The lowest BCUT2D eigenvalue weighted by Gasteiger charge is -2.36. The lowest BCUT2D eigenvalue weighted by atomic mass is 9.97. The average molecular weight is 257 g/mol. The summed E-state index contributed by atoms with van der Waals surface area (Å²) in [5.74, 6) is 0. The number of nitrogens with zero attached hydrogens (tertiary/aromatic N) is 2. The predicted molar refractivity (Wildman–Crippen MR) is 77.8 cm³/mol. The van der Waals surface area contributed by atoms with E-state index in [0.29, 0.717) is 18.1 Å². The largest absolute Gasteiger partial charge is 0.307 e. The van der Waals surface area contributed by atoms with E-state index in [1.54, 1.807) is 0 Å². The molecular formula is C16H23N3. The Morgan fingerprint density at radius 3 is 2.95 bits per heavy atom. The van der Waals surface area contributed by atoms with Gasteiger partial charge >= 0.3 is 0 Å².